The summed E-state index contributed by atoms with van der Waals surface area (Å²) in [7, 11) is 0. The molecule has 0 aliphatic carbocycles. The number of aromatic nitrogens is 1. The normalized spacial score (nSPS) is 10.2. The van der Waals surface area contributed by atoms with Gasteiger partial charge in [-0.2, -0.15) is 0 Å². The van der Waals surface area contributed by atoms with Gasteiger partial charge < -0.3 is 4.74 Å². The first-order valence-corrected chi connectivity index (χ1v) is 6.36. The van der Waals surface area contributed by atoms with Gasteiger partial charge in [0.25, 0.3) is 0 Å². The van der Waals surface area contributed by atoms with Gasteiger partial charge >= 0.3 is 0 Å². The molecule has 0 radical (unpaired) electrons. The van der Waals surface area contributed by atoms with Crippen molar-refractivity contribution in [1.29, 1.82) is 0 Å². The number of rotatable bonds is 2. The van der Waals surface area contributed by atoms with E-state index in [0.717, 1.165) is 8.95 Å². The Kier molecular flexibility index (Phi) is 3.84. The van der Waals surface area contributed by atoms with Crippen LogP contribution in [0.25, 0.3) is 0 Å². The molecule has 0 aliphatic rings. The van der Waals surface area contributed by atoms with Crippen molar-refractivity contribution in [2.45, 2.75) is 0 Å². The van der Waals surface area contributed by atoms with Gasteiger partial charge in [0.05, 0.1) is 0 Å². The fourth-order valence-electron chi connectivity index (χ4n) is 1.12. The second-order valence-corrected chi connectivity index (χ2v) is 5.24. The molecule has 0 fully saturated rings. The van der Waals surface area contributed by atoms with E-state index in [1.807, 2.05) is 24.3 Å². The van der Waals surface area contributed by atoms with Crippen molar-refractivity contribution in [3.05, 3.63) is 50.5 Å². The molecule has 5 heteroatoms. The molecule has 16 heavy (non-hydrogen) atoms. The Balaban J connectivity index is 2.27. The van der Waals surface area contributed by atoms with Crippen molar-refractivity contribution in [2.24, 2.45) is 0 Å². The largest absolute Gasteiger partial charge is 0.438 e. The van der Waals surface area contributed by atoms with E-state index in [4.69, 9.17) is 16.3 Å². The smallest absolute Gasteiger partial charge is 0.238 e. The molecular formula is C11H6Br2ClNO. The fourth-order valence-corrected chi connectivity index (χ4v) is 2.17. The summed E-state index contributed by atoms with van der Waals surface area (Å²) in [4.78, 5) is 4.09. The molecule has 1 aromatic carbocycles. The van der Waals surface area contributed by atoms with Gasteiger partial charge in [0, 0.05) is 15.1 Å². The van der Waals surface area contributed by atoms with Gasteiger partial charge in [-0.25, -0.2) is 4.98 Å². The zero-order valence-electron chi connectivity index (χ0n) is 7.95. The van der Waals surface area contributed by atoms with Crippen molar-refractivity contribution >= 4 is 43.5 Å². The topological polar surface area (TPSA) is 22.1 Å². The van der Waals surface area contributed by atoms with Crippen molar-refractivity contribution < 1.29 is 4.74 Å². The maximum absolute atomic E-state index is 5.99. The lowest BCUT2D eigenvalue weighted by atomic mass is 10.3. The van der Waals surface area contributed by atoms with Crippen LogP contribution in [0.3, 0.4) is 0 Å². The monoisotopic (exact) mass is 361 g/mol. The summed E-state index contributed by atoms with van der Waals surface area (Å²) >= 11 is 12.6. The number of hydrogen-bond donors (Lipinski definition) is 0. The summed E-state index contributed by atoms with van der Waals surface area (Å²) in [5, 5.41) is 0.467. The predicted octanol–water partition coefficient (Wildman–Crippen LogP) is 5.05. The number of pyridine rings is 1. The summed E-state index contributed by atoms with van der Waals surface area (Å²) in [5.74, 6) is 1.08. The Labute approximate surface area is 115 Å². The van der Waals surface area contributed by atoms with Crippen molar-refractivity contribution in [3.8, 4) is 11.6 Å². The Bertz CT molecular complexity index is 519. The summed E-state index contributed by atoms with van der Waals surface area (Å²) in [6.45, 7) is 0. The van der Waals surface area contributed by atoms with E-state index in [2.05, 4.69) is 36.8 Å². The van der Waals surface area contributed by atoms with Crippen LogP contribution >= 0.6 is 43.5 Å². The highest BCUT2D eigenvalue weighted by Gasteiger charge is 2.05. The van der Waals surface area contributed by atoms with E-state index in [1.54, 1.807) is 12.3 Å². The van der Waals surface area contributed by atoms with E-state index in [9.17, 15) is 0 Å². The molecule has 0 aliphatic heterocycles. The van der Waals surface area contributed by atoms with Gasteiger partial charge in [0.1, 0.15) is 10.8 Å². The molecule has 0 bridgehead atoms. The first-order valence-electron chi connectivity index (χ1n) is 4.39. The summed E-state index contributed by atoms with van der Waals surface area (Å²) in [6.07, 6.45) is 1.64. The quantitative estimate of drug-likeness (QED) is 0.745. The maximum atomic E-state index is 5.99. The number of nitrogens with zero attached hydrogens (tertiary/aromatic N) is 1. The van der Waals surface area contributed by atoms with Gasteiger partial charge in [-0.15, -0.1) is 0 Å². The molecule has 2 nitrogen and oxygen atoms in total. The first kappa shape index (κ1) is 11.9. The zero-order valence-corrected chi connectivity index (χ0v) is 11.9. The minimum atomic E-state index is 0.392. The summed E-state index contributed by atoms with van der Waals surface area (Å²) < 4.78 is 7.31. The van der Waals surface area contributed by atoms with Crippen molar-refractivity contribution in [1.82, 2.24) is 4.98 Å². The molecule has 0 spiro atoms. The Morgan fingerprint density at radius 1 is 1.12 bits per heavy atom. The molecule has 0 saturated heterocycles. The van der Waals surface area contributed by atoms with Crippen LogP contribution in [0.2, 0.25) is 5.02 Å². The molecule has 2 rings (SSSR count). The van der Waals surface area contributed by atoms with E-state index in [1.165, 1.54) is 0 Å². The van der Waals surface area contributed by atoms with Gasteiger partial charge in [-0.3, -0.25) is 0 Å². The summed E-state index contributed by atoms with van der Waals surface area (Å²) in [6, 6.07) is 9.22. The highest BCUT2D eigenvalue weighted by molar-refractivity contribution is 9.10. The highest BCUT2D eigenvalue weighted by Crippen LogP contribution is 2.30. The molecule has 0 N–H and O–H groups in total. The third-order valence-electron chi connectivity index (χ3n) is 1.78. The number of halogens is 3. The van der Waals surface area contributed by atoms with E-state index in [0.29, 0.717) is 16.7 Å². The molecule has 0 unspecified atom stereocenters. The van der Waals surface area contributed by atoms with Gasteiger partial charge in [-0.05, 0) is 40.2 Å². The van der Waals surface area contributed by atoms with Gasteiger partial charge in [0.15, 0.2) is 0 Å². The van der Waals surface area contributed by atoms with Crippen LogP contribution in [0, 0.1) is 0 Å². The zero-order chi connectivity index (χ0) is 11.5. The van der Waals surface area contributed by atoms with Crippen LogP contribution in [-0.2, 0) is 0 Å². The Morgan fingerprint density at radius 3 is 2.62 bits per heavy atom. The molecule has 0 amide bonds. The van der Waals surface area contributed by atoms with Gasteiger partial charge in [-0.1, -0.05) is 33.6 Å². The second kappa shape index (κ2) is 5.17. The van der Waals surface area contributed by atoms with Crippen LogP contribution in [-0.4, -0.2) is 4.98 Å². The number of hydrogen-bond acceptors (Lipinski definition) is 2. The molecule has 1 aromatic heterocycles. The molecule has 1 heterocycles. The lowest BCUT2D eigenvalue weighted by molar-refractivity contribution is 0.463. The van der Waals surface area contributed by atoms with Crippen LogP contribution < -0.4 is 4.74 Å². The SMILES string of the molecule is Clc1cc(Br)cnc1Oc1cccc(Br)c1. The molecule has 82 valence electrons. The maximum Gasteiger partial charge on any atom is 0.238 e. The van der Waals surface area contributed by atoms with Crippen molar-refractivity contribution in [3.63, 3.8) is 0 Å². The van der Waals surface area contributed by atoms with E-state index >= 15 is 0 Å². The first-order chi connectivity index (χ1) is 7.65. The average Bonchev–Trinajstić information content (AvgIpc) is 2.22. The van der Waals surface area contributed by atoms with Crippen LogP contribution in [0.15, 0.2) is 45.5 Å². The number of benzene rings is 1. The second-order valence-electron chi connectivity index (χ2n) is 3.00. The standard InChI is InChI=1S/C11H6Br2ClNO/c12-7-2-1-3-9(4-7)16-11-10(14)5-8(13)6-15-11/h1-6H. The molecular weight excluding hydrogens is 357 g/mol. The Hall–Kier alpha value is -0.580. The fraction of sp³-hybridized carbons (Fsp3) is 0. The third kappa shape index (κ3) is 2.97. The minimum Gasteiger partial charge on any atom is -0.438 e. The van der Waals surface area contributed by atoms with Crippen molar-refractivity contribution in [2.75, 3.05) is 0 Å². The average molecular weight is 363 g/mol. The lowest BCUT2D eigenvalue weighted by Crippen LogP contribution is -1.88. The van der Waals surface area contributed by atoms with Crippen LogP contribution in [0.1, 0.15) is 0 Å². The van der Waals surface area contributed by atoms with Gasteiger partial charge in [0.2, 0.25) is 5.88 Å². The molecule has 2 aromatic rings. The minimum absolute atomic E-state index is 0.392. The molecule has 0 atom stereocenters. The molecule has 0 saturated carbocycles. The van der Waals surface area contributed by atoms with Crippen LogP contribution in [0.5, 0.6) is 11.6 Å². The summed E-state index contributed by atoms with van der Waals surface area (Å²) in [5.41, 5.74) is 0. The highest BCUT2D eigenvalue weighted by atomic mass is 79.9. The van der Waals surface area contributed by atoms with Crippen LogP contribution in [0.4, 0.5) is 0 Å². The third-order valence-corrected chi connectivity index (χ3v) is 2.98. The predicted molar refractivity (Wildman–Crippen MR) is 71.2 cm³/mol. The Morgan fingerprint density at radius 2 is 1.94 bits per heavy atom. The lowest BCUT2D eigenvalue weighted by Gasteiger charge is -2.06. The van der Waals surface area contributed by atoms with E-state index in [-0.39, 0.29) is 0 Å². The van der Waals surface area contributed by atoms with E-state index < -0.39 is 0 Å². The number of ether oxygens (including phenoxy) is 1.